The molecule has 30 heavy (non-hydrogen) atoms. The fourth-order valence-electron chi connectivity index (χ4n) is 3.07. The first-order chi connectivity index (χ1) is 14.1. The molecule has 0 saturated carbocycles. The lowest BCUT2D eigenvalue weighted by atomic mass is 10.1. The molecule has 0 unspecified atom stereocenters. The maximum absolute atomic E-state index is 12.3. The summed E-state index contributed by atoms with van der Waals surface area (Å²) < 4.78 is 30.7. The Morgan fingerprint density at radius 1 is 1.10 bits per heavy atom. The summed E-state index contributed by atoms with van der Waals surface area (Å²) in [6.07, 6.45) is 1.10. The number of ether oxygens (including phenoxy) is 1. The highest BCUT2D eigenvalue weighted by atomic mass is 32.2. The van der Waals surface area contributed by atoms with Crippen LogP contribution >= 0.6 is 11.3 Å². The van der Waals surface area contributed by atoms with Gasteiger partial charge in [-0.15, -0.1) is 11.3 Å². The van der Waals surface area contributed by atoms with Crippen molar-refractivity contribution in [2.45, 2.75) is 20.8 Å². The van der Waals surface area contributed by atoms with Crippen LogP contribution in [0, 0.1) is 20.8 Å². The van der Waals surface area contributed by atoms with Crippen molar-refractivity contribution in [3.8, 4) is 17.0 Å². The van der Waals surface area contributed by atoms with Gasteiger partial charge >= 0.3 is 0 Å². The second-order valence-corrected chi connectivity index (χ2v) is 9.66. The molecule has 0 saturated heterocycles. The number of benzene rings is 2. The van der Waals surface area contributed by atoms with Crippen LogP contribution in [-0.2, 0) is 14.8 Å². The Morgan fingerprint density at radius 3 is 2.33 bits per heavy atom. The quantitative estimate of drug-likeness (QED) is 0.570. The average molecular weight is 446 g/mol. The minimum absolute atomic E-state index is 0.106. The molecule has 0 aliphatic rings. The lowest BCUT2D eigenvalue weighted by Crippen LogP contribution is -2.20. The van der Waals surface area contributed by atoms with Crippen LogP contribution in [0.15, 0.2) is 41.8 Å². The fraction of sp³-hybridized carbons (Fsp3) is 0.238. The third-order valence-corrected chi connectivity index (χ3v) is 5.55. The van der Waals surface area contributed by atoms with Gasteiger partial charge in [0.2, 0.25) is 10.0 Å². The number of rotatable bonds is 7. The van der Waals surface area contributed by atoms with E-state index in [1.165, 1.54) is 11.3 Å². The van der Waals surface area contributed by atoms with Crippen molar-refractivity contribution in [1.82, 2.24) is 4.98 Å². The highest BCUT2D eigenvalue weighted by molar-refractivity contribution is 7.92. The number of carbonyl (C=O) groups excluding carboxylic acids is 1. The Bertz CT molecular complexity index is 1150. The van der Waals surface area contributed by atoms with Gasteiger partial charge in [-0.25, -0.2) is 13.4 Å². The van der Waals surface area contributed by atoms with Crippen LogP contribution in [-0.4, -0.2) is 32.2 Å². The van der Waals surface area contributed by atoms with Crippen LogP contribution in [0.4, 0.5) is 10.8 Å². The van der Waals surface area contributed by atoms with Crippen LogP contribution < -0.4 is 14.8 Å². The SMILES string of the molecule is Cc1cc(C)c(OCC(=O)Nc2nc(-c3ccc(NS(C)(=O)=O)cc3)cs2)c(C)c1. The van der Waals surface area contributed by atoms with Gasteiger partial charge in [0.25, 0.3) is 5.91 Å². The van der Waals surface area contributed by atoms with Crippen LogP contribution in [0.2, 0.25) is 0 Å². The number of carbonyl (C=O) groups is 1. The predicted molar refractivity (Wildman–Crippen MR) is 121 cm³/mol. The monoisotopic (exact) mass is 445 g/mol. The van der Waals surface area contributed by atoms with Gasteiger partial charge in [-0.2, -0.15) is 0 Å². The van der Waals surface area contributed by atoms with Crippen LogP contribution in [0.1, 0.15) is 16.7 Å². The molecule has 158 valence electrons. The number of nitrogens with one attached hydrogen (secondary N) is 2. The molecule has 3 rings (SSSR count). The molecule has 0 spiro atoms. The number of aromatic nitrogens is 1. The smallest absolute Gasteiger partial charge is 0.264 e. The van der Waals surface area contributed by atoms with Gasteiger partial charge < -0.3 is 4.74 Å². The third kappa shape index (κ3) is 5.80. The molecule has 0 aliphatic heterocycles. The summed E-state index contributed by atoms with van der Waals surface area (Å²) in [6, 6.07) is 10.9. The molecule has 7 nitrogen and oxygen atoms in total. The van der Waals surface area contributed by atoms with E-state index in [9.17, 15) is 13.2 Å². The molecule has 2 aromatic carbocycles. The third-order valence-electron chi connectivity index (χ3n) is 4.19. The van der Waals surface area contributed by atoms with Crippen molar-refractivity contribution in [2.75, 3.05) is 22.9 Å². The molecule has 3 aromatic rings. The summed E-state index contributed by atoms with van der Waals surface area (Å²) in [6.45, 7) is 5.83. The highest BCUT2D eigenvalue weighted by Crippen LogP contribution is 2.27. The molecule has 1 aromatic heterocycles. The molecule has 0 fully saturated rings. The Labute approximate surface area is 180 Å². The van der Waals surface area contributed by atoms with Crippen molar-refractivity contribution in [3.63, 3.8) is 0 Å². The first-order valence-corrected chi connectivity index (χ1v) is 11.9. The summed E-state index contributed by atoms with van der Waals surface area (Å²) in [5.41, 5.74) is 5.11. The Hall–Kier alpha value is -2.91. The number of hydrogen-bond acceptors (Lipinski definition) is 6. The van der Waals surface area contributed by atoms with Gasteiger partial charge in [0, 0.05) is 16.6 Å². The zero-order chi connectivity index (χ0) is 21.9. The molecule has 0 aliphatic carbocycles. The van der Waals surface area contributed by atoms with Crippen LogP contribution in [0.3, 0.4) is 0 Å². The second-order valence-electron chi connectivity index (χ2n) is 7.05. The van der Waals surface area contributed by atoms with E-state index in [0.29, 0.717) is 16.5 Å². The maximum Gasteiger partial charge on any atom is 0.264 e. The summed E-state index contributed by atoms with van der Waals surface area (Å²) in [5, 5.41) is 5.04. The Kier molecular flexibility index (Phi) is 6.42. The van der Waals surface area contributed by atoms with Crippen molar-refractivity contribution >= 4 is 38.1 Å². The minimum atomic E-state index is -3.32. The molecule has 2 N–H and O–H groups in total. The Balaban J connectivity index is 1.61. The Morgan fingerprint density at radius 2 is 1.73 bits per heavy atom. The van der Waals surface area contributed by atoms with Gasteiger partial charge in [0.15, 0.2) is 11.7 Å². The lowest BCUT2D eigenvalue weighted by molar-refractivity contribution is -0.118. The predicted octanol–water partition coefficient (Wildman–Crippen LogP) is 4.12. The van der Waals surface area contributed by atoms with E-state index < -0.39 is 10.0 Å². The summed E-state index contributed by atoms with van der Waals surface area (Å²) in [4.78, 5) is 16.7. The first-order valence-electron chi connectivity index (χ1n) is 9.15. The molecule has 0 atom stereocenters. The number of nitrogens with zero attached hydrogens (tertiary/aromatic N) is 1. The lowest BCUT2D eigenvalue weighted by Gasteiger charge is -2.12. The molecule has 1 heterocycles. The zero-order valence-electron chi connectivity index (χ0n) is 17.1. The van der Waals surface area contributed by atoms with E-state index >= 15 is 0 Å². The largest absolute Gasteiger partial charge is 0.483 e. The molecule has 0 bridgehead atoms. The first kappa shape index (κ1) is 21.8. The molecule has 9 heteroatoms. The van der Waals surface area contributed by atoms with Crippen LogP contribution in [0.5, 0.6) is 5.75 Å². The second kappa shape index (κ2) is 8.85. The standard InChI is InChI=1S/C21H23N3O4S2/c1-13-9-14(2)20(15(3)10-13)28-11-19(25)23-21-22-18(12-29-21)16-5-7-17(8-6-16)24-30(4,26)27/h5-10,12,24H,11H2,1-4H3,(H,22,23,25). The molecule has 1 amide bonds. The maximum atomic E-state index is 12.3. The number of amides is 1. The normalized spacial score (nSPS) is 11.2. The average Bonchev–Trinajstić information content (AvgIpc) is 3.08. The van der Waals surface area contributed by atoms with E-state index in [2.05, 4.69) is 15.0 Å². The van der Waals surface area contributed by atoms with Gasteiger partial charge in [0.1, 0.15) is 5.75 Å². The van der Waals surface area contributed by atoms with Gasteiger partial charge in [-0.3, -0.25) is 14.8 Å². The van der Waals surface area contributed by atoms with E-state index in [0.717, 1.165) is 34.3 Å². The van der Waals surface area contributed by atoms with Crippen molar-refractivity contribution < 1.29 is 17.9 Å². The summed E-state index contributed by atoms with van der Waals surface area (Å²) in [7, 11) is -3.32. The summed E-state index contributed by atoms with van der Waals surface area (Å²) >= 11 is 1.31. The zero-order valence-corrected chi connectivity index (χ0v) is 18.8. The number of thiazole rings is 1. The van der Waals surface area contributed by atoms with E-state index in [1.54, 1.807) is 24.3 Å². The molecular weight excluding hydrogens is 422 g/mol. The number of anilines is 2. The van der Waals surface area contributed by atoms with Crippen molar-refractivity contribution in [2.24, 2.45) is 0 Å². The number of sulfonamides is 1. The topological polar surface area (TPSA) is 97.4 Å². The molecule has 0 radical (unpaired) electrons. The van der Waals surface area contributed by atoms with Crippen LogP contribution in [0.25, 0.3) is 11.3 Å². The van der Waals surface area contributed by atoms with Gasteiger partial charge in [-0.1, -0.05) is 29.8 Å². The van der Waals surface area contributed by atoms with E-state index in [1.807, 2.05) is 38.3 Å². The minimum Gasteiger partial charge on any atom is -0.483 e. The fourth-order valence-corrected chi connectivity index (χ4v) is 4.37. The van der Waals surface area contributed by atoms with E-state index in [4.69, 9.17) is 4.74 Å². The highest BCUT2D eigenvalue weighted by Gasteiger charge is 2.11. The van der Waals surface area contributed by atoms with Gasteiger partial charge in [0.05, 0.1) is 11.9 Å². The van der Waals surface area contributed by atoms with Gasteiger partial charge in [-0.05, 0) is 44.0 Å². The molecular formula is C21H23N3O4S2. The number of hydrogen-bond donors (Lipinski definition) is 2. The summed E-state index contributed by atoms with van der Waals surface area (Å²) in [5.74, 6) is 0.432. The van der Waals surface area contributed by atoms with Crippen molar-refractivity contribution in [3.05, 3.63) is 58.5 Å². The van der Waals surface area contributed by atoms with Crippen molar-refractivity contribution in [1.29, 1.82) is 0 Å². The number of aryl methyl sites for hydroxylation is 3. The van der Waals surface area contributed by atoms with E-state index in [-0.39, 0.29) is 12.5 Å².